The predicted molar refractivity (Wildman–Crippen MR) is 55.3 cm³/mol. The molecule has 1 aliphatic heterocycles. The van der Waals surface area contributed by atoms with Crippen LogP contribution < -0.4 is 10.6 Å². The Morgan fingerprint density at radius 3 is 2.64 bits per heavy atom. The average Bonchev–Trinajstić information content (AvgIpc) is 2.15. The molecule has 0 aromatic heterocycles. The predicted octanol–water partition coefficient (Wildman–Crippen LogP) is 1.26. The van der Waals surface area contributed by atoms with Crippen molar-refractivity contribution >= 4 is 6.03 Å². The molecular formula is C10H20N2O2. The molecule has 1 saturated heterocycles. The quantitative estimate of drug-likeness (QED) is 0.720. The Labute approximate surface area is 85.4 Å². The van der Waals surface area contributed by atoms with Crippen molar-refractivity contribution in [1.29, 1.82) is 0 Å². The normalized spacial score (nSPS) is 20.1. The summed E-state index contributed by atoms with van der Waals surface area (Å²) in [5, 5.41) is 5.81. The van der Waals surface area contributed by atoms with E-state index in [0.29, 0.717) is 0 Å². The highest BCUT2D eigenvalue weighted by Crippen LogP contribution is 2.19. The van der Waals surface area contributed by atoms with Crippen LogP contribution in [0.1, 0.15) is 33.1 Å². The number of nitrogens with one attached hydrogen (secondary N) is 2. The minimum atomic E-state index is -0.0872. The fourth-order valence-electron chi connectivity index (χ4n) is 1.50. The summed E-state index contributed by atoms with van der Waals surface area (Å²) in [7, 11) is 0. The molecule has 1 heterocycles. The van der Waals surface area contributed by atoms with E-state index in [4.69, 9.17) is 4.74 Å². The number of amides is 2. The van der Waals surface area contributed by atoms with E-state index in [1.807, 2.05) is 6.92 Å². The Kier molecular flexibility index (Phi) is 4.20. The van der Waals surface area contributed by atoms with Crippen LogP contribution in [-0.2, 0) is 4.74 Å². The fourth-order valence-corrected chi connectivity index (χ4v) is 1.50. The number of carbonyl (C=O) groups excluding carboxylic acids is 1. The Balaban J connectivity index is 2.29. The zero-order valence-electron chi connectivity index (χ0n) is 9.06. The molecule has 0 radical (unpaired) electrons. The topological polar surface area (TPSA) is 50.4 Å². The maximum Gasteiger partial charge on any atom is 0.315 e. The van der Waals surface area contributed by atoms with Gasteiger partial charge in [-0.15, -0.1) is 0 Å². The first kappa shape index (κ1) is 11.3. The lowest BCUT2D eigenvalue weighted by Gasteiger charge is -2.34. The number of urea groups is 1. The molecule has 0 spiro atoms. The van der Waals surface area contributed by atoms with Gasteiger partial charge in [-0.3, -0.25) is 0 Å². The van der Waals surface area contributed by atoms with E-state index in [1.54, 1.807) is 0 Å². The summed E-state index contributed by atoms with van der Waals surface area (Å²) < 4.78 is 5.26. The van der Waals surface area contributed by atoms with Gasteiger partial charge in [0, 0.05) is 25.3 Å². The van der Waals surface area contributed by atoms with Gasteiger partial charge < -0.3 is 15.4 Å². The highest BCUT2D eigenvalue weighted by Gasteiger charge is 2.28. The Hall–Kier alpha value is -0.770. The molecule has 0 aliphatic carbocycles. The highest BCUT2D eigenvalue weighted by molar-refractivity contribution is 5.74. The summed E-state index contributed by atoms with van der Waals surface area (Å²) in [5.41, 5.74) is -0.0872. The highest BCUT2D eigenvalue weighted by atomic mass is 16.5. The smallest absolute Gasteiger partial charge is 0.315 e. The molecule has 0 atom stereocenters. The lowest BCUT2D eigenvalue weighted by atomic mass is 9.93. The van der Waals surface area contributed by atoms with Gasteiger partial charge in [0.2, 0.25) is 0 Å². The van der Waals surface area contributed by atoms with Crippen molar-refractivity contribution in [3.8, 4) is 0 Å². The van der Waals surface area contributed by atoms with Gasteiger partial charge in [0.15, 0.2) is 0 Å². The largest absolute Gasteiger partial charge is 0.381 e. The zero-order valence-corrected chi connectivity index (χ0v) is 9.06. The molecule has 0 saturated carbocycles. The van der Waals surface area contributed by atoms with Gasteiger partial charge in [0.05, 0.1) is 0 Å². The zero-order chi connectivity index (χ0) is 10.4. The van der Waals surface area contributed by atoms with Gasteiger partial charge in [-0.2, -0.15) is 0 Å². The first-order valence-corrected chi connectivity index (χ1v) is 5.30. The van der Waals surface area contributed by atoms with Gasteiger partial charge in [0.25, 0.3) is 0 Å². The van der Waals surface area contributed by atoms with Crippen molar-refractivity contribution < 1.29 is 9.53 Å². The number of hydrogen-bond acceptors (Lipinski definition) is 2. The molecule has 1 fully saturated rings. The third kappa shape index (κ3) is 3.54. The van der Waals surface area contributed by atoms with E-state index in [0.717, 1.165) is 39.0 Å². The van der Waals surface area contributed by atoms with Gasteiger partial charge in [-0.1, -0.05) is 6.92 Å². The lowest BCUT2D eigenvalue weighted by Crippen LogP contribution is -2.53. The Morgan fingerprint density at radius 1 is 1.43 bits per heavy atom. The molecular weight excluding hydrogens is 180 g/mol. The summed E-state index contributed by atoms with van der Waals surface area (Å²) >= 11 is 0. The molecule has 4 heteroatoms. The van der Waals surface area contributed by atoms with Crippen LogP contribution in [0.15, 0.2) is 0 Å². The van der Waals surface area contributed by atoms with E-state index >= 15 is 0 Å². The minimum absolute atomic E-state index is 0.0590. The van der Waals surface area contributed by atoms with Crippen molar-refractivity contribution in [3.63, 3.8) is 0 Å². The number of ether oxygens (including phenoxy) is 1. The van der Waals surface area contributed by atoms with Crippen molar-refractivity contribution in [2.75, 3.05) is 19.8 Å². The van der Waals surface area contributed by atoms with Crippen LogP contribution in [0.4, 0.5) is 4.79 Å². The van der Waals surface area contributed by atoms with Crippen molar-refractivity contribution in [3.05, 3.63) is 0 Å². The van der Waals surface area contributed by atoms with Crippen LogP contribution in [0, 0.1) is 0 Å². The van der Waals surface area contributed by atoms with E-state index in [-0.39, 0.29) is 11.6 Å². The summed E-state index contributed by atoms with van der Waals surface area (Å²) in [4.78, 5) is 11.4. The van der Waals surface area contributed by atoms with Crippen molar-refractivity contribution in [2.24, 2.45) is 0 Å². The first-order valence-electron chi connectivity index (χ1n) is 5.30. The molecule has 4 nitrogen and oxygen atoms in total. The standard InChI is InChI=1S/C10H20N2O2/c1-3-6-11-9(13)12-10(2)4-7-14-8-5-10/h3-8H2,1-2H3,(H2,11,12,13). The second kappa shape index (κ2) is 5.20. The van der Waals surface area contributed by atoms with Crippen LogP contribution in [0.5, 0.6) is 0 Å². The lowest BCUT2D eigenvalue weighted by molar-refractivity contribution is 0.0492. The molecule has 14 heavy (non-hydrogen) atoms. The number of hydrogen-bond donors (Lipinski definition) is 2. The van der Waals surface area contributed by atoms with Crippen LogP contribution >= 0.6 is 0 Å². The SMILES string of the molecule is CCCNC(=O)NC1(C)CCOCC1. The Morgan fingerprint density at radius 2 is 2.07 bits per heavy atom. The maximum atomic E-state index is 11.4. The third-order valence-corrected chi connectivity index (χ3v) is 2.55. The molecule has 82 valence electrons. The Bertz CT molecular complexity index is 189. The molecule has 0 aromatic rings. The van der Waals surface area contributed by atoms with Crippen LogP contribution in [-0.4, -0.2) is 31.3 Å². The van der Waals surface area contributed by atoms with Gasteiger partial charge in [0.1, 0.15) is 0 Å². The third-order valence-electron chi connectivity index (χ3n) is 2.55. The minimum Gasteiger partial charge on any atom is -0.381 e. The summed E-state index contributed by atoms with van der Waals surface area (Å²) in [6.07, 6.45) is 2.76. The molecule has 0 unspecified atom stereocenters. The number of rotatable bonds is 3. The second-order valence-electron chi connectivity index (χ2n) is 4.05. The monoisotopic (exact) mass is 200 g/mol. The second-order valence-corrected chi connectivity index (χ2v) is 4.05. The van der Waals surface area contributed by atoms with Gasteiger partial charge in [-0.05, 0) is 26.2 Å². The average molecular weight is 200 g/mol. The molecule has 1 rings (SSSR count). The van der Waals surface area contributed by atoms with Gasteiger partial charge in [-0.25, -0.2) is 4.79 Å². The van der Waals surface area contributed by atoms with Crippen molar-refractivity contribution in [2.45, 2.75) is 38.6 Å². The molecule has 1 aliphatic rings. The fraction of sp³-hybridized carbons (Fsp3) is 0.900. The van der Waals surface area contributed by atoms with Crippen LogP contribution in [0.3, 0.4) is 0 Å². The number of carbonyl (C=O) groups is 1. The molecule has 2 amide bonds. The van der Waals surface area contributed by atoms with E-state index < -0.39 is 0 Å². The van der Waals surface area contributed by atoms with Crippen LogP contribution in [0.2, 0.25) is 0 Å². The summed E-state index contributed by atoms with van der Waals surface area (Å²) in [6, 6.07) is -0.0590. The maximum absolute atomic E-state index is 11.4. The summed E-state index contributed by atoms with van der Waals surface area (Å²) in [6.45, 7) is 6.32. The first-order chi connectivity index (χ1) is 6.66. The van der Waals surface area contributed by atoms with E-state index in [1.165, 1.54) is 0 Å². The van der Waals surface area contributed by atoms with E-state index in [2.05, 4.69) is 17.6 Å². The molecule has 2 N–H and O–H groups in total. The van der Waals surface area contributed by atoms with E-state index in [9.17, 15) is 4.79 Å². The molecule has 0 aromatic carbocycles. The van der Waals surface area contributed by atoms with Crippen LogP contribution in [0.25, 0.3) is 0 Å². The molecule has 0 bridgehead atoms. The summed E-state index contributed by atoms with van der Waals surface area (Å²) in [5.74, 6) is 0. The van der Waals surface area contributed by atoms with Crippen molar-refractivity contribution in [1.82, 2.24) is 10.6 Å². The van der Waals surface area contributed by atoms with Gasteiger partial charge >= 0.3 is 6.03 Å².